The Balaban J connectivity index is 1.55. The van der Waals surface area contributed by atoms with Crippen LogP contribution in [0.25, 0.3) is 16.6 Å². The summed E-state index contributed by atoms with van der Waals surface area (Å²) >= 11 is 0. The Morgan fingerprint density at radius 3 is 2.70 bits per heavy atom. The molecule has 170 valence electrons. The number of fused-ring (bicyclic) bond motifs is 4. The number of imidazole rings is 1. The number of anilines is 1. The molecule has 2 unspecified atom stereocenters. The number of rotatable bonds is 2. The van der Waals surface area contributed by atoms with E-state index in [0.29, 0.717) is 16.6 Å². The molecule has 11 heteroatoms. The van der Waals surface area contributed by atoms with Crippen molar-refractivity contribution in [1.29, 1.82) is 0 Å². The first kappa shape index (κ1) is 21.0. The number of halogens is 4. The Labute approximate surface area is 184 Å². The molecular formula is C22H17F4N5O2. The Hall–Kier alpha value is -3.89. The minimum atomic E-state index is -4.52. The van der Waals surface area contributed by atoms with Crippen LogP contribution in [-0.2, 0) is 6.18 Å². The van der Waals surface area contributed by atoms with E-state index in [-0.39, 0.29) is 22.6 Å². The molecule has 3 heterocycles. The third kappa shape index (κ3) is 3.22. The standard InChI is InChI=1S/C22H17F4N5O2/c1-10-19(12-4-3-11(22(24,25)26)5-18(12)33-10)30(2)21(32)13-6-16-15(7-14(13)23)29-20(27)17-8-28-9-31(16)17/h3-10,19H,1-2H3,(H2,27,29). The van der Waals surface area contributed by atoms with Crippen molar-refractivity contribution in [3.63, 3.8) is 0 Å². The molecular weight excluding hydrogens is 442 g/mol. The van der Waals surface area contributed by atoms with E-state index in [1.165, 1.54) is 36.6 Å². The number of likely N-dealkylation sites (N-methyl/N-ethyl adjacent to an activating group) is 1. The van der Waals surface area contributed by atoms with Crippen LogP contribution >= 0.6 is 0 Å². The molecule has 5 rings (SSSR count). The monoisotopic (exact) mass is 459 g/mol. The van der Waals surface area contributed by atoms with Gasteiger partial charge in [-0.1, -0.05) is 6.07 Å². The molecule has 0 fully saturated rings. The van der Waals surface area contributed by atoms with Gasteiger partial charge in [0.05, 0.1) is 40.7 Å². The molecule has 4 aromatic rings. The van der Waals surface area contributed by atoms with Crippen LogP contribution in [0.1, 0.15) is 34.5 Å². The average Bonchev–Trinajstić information content (AvgIpc) is 3.36. The molecule has 33 heavy (non-hydrogen) atoms. The Kier molecular flexibility index (Phi) is 4.49. The van der Waals surface area contributed by atoms with Crippen LogP contribution in [0.4, 0.5) is 23.4 Å². The van der Waals surface area contributed by atoms with Crippen molar-refractivity contribution >= 4 is 28.3 Å². The van der Waals surface area contributed by atoms with E-state index < -0.39 is 35.6 Å². The van der Waals surface area contributed by atoms with Crippen LogP contribution in [-0.4, -0.2) is 38.3 Å². The number of hydrogen-bond donors (Lipinski definition) is 1. The van der Waals surface area contributed by atoms with Gasteiger partial charge in [0.1, 0.15) is 29.0 Å². The van der Waals surface area contributed by atoms with Crippen LogP contribution in [0.3, 0.4) is 0 Å². The highest BCUT2D eigenvalue weighted by Crippen LogP contribution is 2.43. The first-order valence-electron chi connectivity index (χ1n) is 9.92. The molecule has 7 nitrogen and oxygen atoms in total. The lowest BCUT2D eigenvalue weighted by Gasteiger charge is -2.27. The van der Waals surface area contributed by atoms with Gasteiger partial charge in [-0.25, -0.2) is 14.4 Å². The van der Waals surface area contributed by atoms with Crippen molar-refractivity contribution in [3.05, 3.63) is 65.4 Å². The highest BCUT2D eigenvalue weighted by Gasteiger charge is 2.40. The van der Waals surface area contributed by atoms with Gasteiger partial charge < -0.3 is 15.4 Å². The molecule has 1 aliphatic heterocycles. The zero-order valence-electron chi connectivity index (χ0n) is 17.4. The van der Waals surface area contributed by atoms with Crippen molar-refractivity contribution in [2.45, 2.75) is 25.2 Å². The summed E-state index contributed by atoms with van der Waals surface area (Å²) in [5.74, 6) is -1.25. The minimum Gasteiger partial charge on any atom is -0.488 e. The molecule has 0 aliphatic carbocycles. The predicted molar refractivity (Wildman–Crippen MR) is 111 cm³/mol. The van der Waals surface area contributed by atoms with Crippen LogP contribution in [0.2, 0.25) is 0 Å². The van der Waals surface area contributed by atoms with Gasteiger partial charge in [0.2, 0.25) is 0 Å². The van der Waals surface area contributed by atoms with Crippen molar-refractivity contribution in [2.24, 2.45) is 0 Å². The lowest BCUT2D eigenvalue weighted by molar-refractivity contribution is -0.137. The summed E-state index contributed by atoms with van der Waals surface area (Å²) in [6, 6.07) is 4.90. The molecule has 1 aliphatic rings. The number of hydrogen-bond acceptors (Lipinski definition) is 5. The van der Waals surface area contributed by atoms with Crippen molar-refractivity contribution in [3.8, 4) is 5.75 Å². The van der Waals surface area contributed by atoms with Gasteiger partial charge in [0.25, 0.3) is 5.91 Å². The number of carbonyl (C=O) groups excluding carboxylic acids is 1. The summed E-state index contributed by atoms with van der Waals surface area (Å²) in [5, 5.41) is 0. The molecule has 2 aromatic heterocycles. The highest BCUT2D eigenvalue weighted by molar-refractivity contribution is 5.98. The highest BCUT2D eigenvalue weighted by atomic mass is 19.4. The maximum absolute atomic E-state index is 14.9. The van der Waals surface area contributed by atoms with Crippen molar-refractivity contribution in [1.82, 2.24) is 19.3 Å². The fourth-order valence-corrected chi connectivity index (χ4v) is 4.28. The number of nitrogens with two attached hydrogens (primary N) is 1. The summed E-state index contributed by atoms with van der Waals surface area (Å²) < 4.78 is 61.3. The zero-order valence-corrected chi connectivity index (χ0v) is 17.4. The maximum Gasteiger partial charge on any atom is 0.416 e. The van der Waals surface area contributed by atoms with E-state index >= 15 is 0 Å². The largest absolute Gasteiger partial charge is 0.488 e. The van der Waals surface area contributed by atoms with E-state index in [1.54, 1.807) is 11.3 Å². The maximum atomic E-state index is 14.9. The summed E-state index contributed by atoms with van der Waals surface area (Å²) in [6.45, 7) is 1.64. The third-order valence-corrected chi connectivity index (χ3v) is 5.85. The molecule has 0 radical (unpaired) electrons. The van der Waals surface area contributed by atoms with Gasteiger partial charge in [-0.15, -0.1) is 0 Å². The fraction of sp³-hybridized carbons (Fsp3) is 0.227. The Morgan fingerprint density at radius 2 is 1.97 bits per heavy atom. The quantitative estimate of drug-likeness (QED) is 0.454. The van der Waals surface area contributed by atoms with Crippen molar-refractivity contribution in [2.75, 3.05) is 12.8 Å². The molecule has 0 saturated carbocycles. The lowest BCUT2D eigenvalue weighted by atomic mass is 10.00. The minimum absolute atomic E-state index is 0.0424. The number of ether oxygens (including phenoxy) is 1. The second kappa shape index (κ2) is 7.06. The van der Waals surface area contributed by atoms with Crippen LogP contribution < -0.4 is 10.5 Å². The molecule has 0 saturated heterocycles. The predicted octanol–water partition coefficient (Wildman–Crippen LogP) is 4.22. The molecule has 2 aromatic carbocycles. The number of nitrogens with zero attached hydrogens (tertiary/aromatic N) is 4. The van der Waals surface area contributed by atoms with E-state index in [2.05, 4.69) is 9.97 Å². The Bertz CT molecular complexity index is 1430. The normalized spacial score (nSPS) is 17.9. The molecule has 0 bridgehead atoms. The summed E-state index contributed by atoms with van der Waals surface area (Å²) in [6.07, 6.45) is -2.18. The van der Waals surface area contributed by atoms with Gasteiger partial charge in [-0.2, -0.15) is 13.2 Å². The summed E-state index contributed by atoms with van der Waals surface area (Å²) in [7, 11) is 1.46. The topological polar surface area (TPSA) is 85.8 Å². The number of aromatic nitrogens is 3. The molecule has 2 N–H and O–H groups in total. The number of nitrogen functional groups attached to an aromatic ring is 1. The summed E-state index contributed by atoms with van der Waals surface area (Å²) in [4.78, 5) is 22.8. The molecule has 2 atom stereocenters. The van der Waals surface area contributed by atoms with E-state index in [0.717, 1.165) is 18.2 Å². The Morgan fingerprint density at radius 1 is 1.21 bits per heavy atom. The average molecular weight is 459 g/mol. The smallest absolute Gasteiger partial charge is 0.416 e. The van der Waals surface area contributed by atoms with Crippen molar-refractivity contribution < 1.29 is 27.1 Å². The zero-order chi connectivity index (χ0) is 23.7. The second-order valence-corrected chi connectivity index (χ2v) is 7.90. The third-order valence-electron chi connectivity index (χ3n) is 5.85. The molecule has 1 amide bonds. The van der Waals surface area contributed by atoms with Gasteiger partial charge in [0, 0.05) is 18.7 Å². The summed E-state index contributed by atoms with van der Waals surface area (Å²) in [5.41, 5.74) is 6.42. The SMILES string of the molecule is CC1Oc2cc(C(F)(F)F)ccc2C1N(C)C(=O)c1cc2c(cc1F)nc(N)c1cncn12. The first-order chi connectivity index (χ1) is 15.6. The van der Waals surface area contributed by atoms with Gasteiger partial charge in [0.15, 0.2) is 0 Å². The van der Waals surface area contributed by atoms with E-state index in [1.807, 2.05) is 0 Å². The van der Waals surface area contributed by atoms with Gasteiger partial charge in [-0.05, 0) is 25.1 Å². The molecule has 0 spiro atoms. The van der Waals surface area contributed by atoms with Gasteiger partial charge in [-0.3, -0.25) is 9.20 Å². The second-order valence-electron chi connectivity index (χ2n) is 7.90. The van der Waals surface area contributed by atoms with E-state index in [4.69, 9.17) is 10.5 Å². The van der Waals surface area contributed by atoms with Gasteiger partial charge >= 0.3 is 6.18 Å². The van der Waals surface area contributed by atoms with Crippen LogP contribution in [0.15, 0.2) is 42.9 Å². The number of amides is 1. The fourth-order valence-electron chi connectivity index (χ4n) is 4.28. The van der Waals surface area contributed by atoms with Crippen LogP contribution in [0, 0.1) is 5.82 Å². The van der Waals surface area contributed by atoms with Crippen LogP contribution in [0.5, 0.6) is 5.75 Å². The number of alkyl halides is 3. The number of benzene rings is 2. The number of carbonyl (C=O) groups is 1. The first-order valence-corrected chi connectivity index (χ1v) is 9.92. The lowest BCUT2D eigenvalue weighted by Crippen LogP contribution is -2.36. The van der Waals surface area contributed by atoms with E-state index in [9.17, 15) is 22.4 Å².